The third kappa shape index (κ3) is 2.32. The molecule has 1 aromatic carbocycles. The van der Waals surface area contributed by atoms with Crippen molar-refractivity contribution in [3.05, 3.63) is 29.3 Å². The second kappa shape index (κ2) is 4.84. The van der Waals surface area contributed by atoms with Gasteiger partial charge in [0.2, 0.25) is 0 Å². The van der Waals surface area contributed by atoms with Crippen LogP contribution in [0.4, 0.5) is 5.69 Å². The van der Waals surface area contributed by atoms with Crippen LogP contribution in [-0.2, 0) is 9.47 Å². The second-order valence-electron chi connectivity index (χ2n) is 5.23. The van der Waals surface area contributed by atoms with E-state index in [9.17, 15) is 5.26 Å². The minimum atomic E-state index is -0.353. The maximum absolute atomic E-state index is 9.25. The average molecular weight is 258 g/mol. The summed E-state index contributed by atoms with van der Waals surface area (Å²) >= 11 is 0. The predicted molar refractivity (Wildman–Crippen MR) is 72.0 cm³/mol. The molecule has 4 nitrogen and oxygen atoms in total. The summed E-state index contributed by atoms with van der Waals surface area (Å²) in [5, 5.41) is 9.25. The number of hydrogen-bond donors (Lipinski definition) is 0. The van der Waals surface area contributed by atoms with Gasteiger partial charge in [0.05, 0.1) is 24.5 Å². The van der Waals surface area contributed by atoms with E-state index in [0.29, 0.717) is 13.2 Å². The first-order chi connectivity index (χ1) is 9.22. The van der Waals surface area contributed by atoms with Crippen LogP contribution in [0.1, 0.15) is 24.0 Å². The molecule has 3 rings (SSSR count). The molecular formula is C15H18N2O2. The molecule has 2 aliphatic rings. The molecule has 2 heterocycles. The Balaban J connectivity index is 1.77. The van der Waals surface area contributed by atoms with Crippen molar-refractivity contribution < 1.29 is 9.47 Å². The highest BCUT2D eigenvalue weighted by Gasteiger charge is 2.40. The zero-order valence-electron chi connectivity index (χ0n) is 11.2. The molecule has 1 aromatic rings. The molecule has 0 amide bonds. The molecule has 0 aliphatic carbocycles. The number of nitrogens with zero attached hydrogens (tertiary/aromatic N) is 2. The van der Waals surface area contributed by atoms with Gasteiger partial charge in [-0.1, -0.05) is 6.07 Å². The SMILES string of the molecule is Cc1ccc(N2CCC3(CC2)OCCO3)c(C#N)c1. The Bertz CT molecular complexity index is 505. The van der Waals surface area contributed by atoms with Gasteiger partial charge in [0.15, 0.2) is 5.79 Å². The van der Waals surface area contributed by atoms with Crippen LogP contribution < -0.4 is 4.90 Å². The summed E-state index contributed by atoms with van der Waals surface area (Å²) in [5.41, 5.74) is 2.90. The quantitative estimate of drug-likeness (QED) is 0.774. The first-order valence-electron chi connectivity index (χ1n) is 6.76. The Labute approximate surface area is 113 Å². The first-order valence-corrected chi connectivity index (χ1v) is 6.76. The third-order valence-electron chi connectivity index (χ3n) is 3.95. The number of benzene rings is 1. The Morgan fingerprint density at radius 1 is 1.21 bits per heavy atom. The number of piperidine rings is 1. The Morgan fingerprint density at radius 3 is 2.53 bits per heavy atom. The van der Waals surface area contributed by atoms with Crippen LogP contribution in [0.5, 0.6) is 0 Å². The number of hydrogen-bond acceptors (Lipinski definition) is 4. The molecule has 0 saturated carbocycles. The number of aryl methyl sites for hydroxylation is 1. The maximum Gasteiger partial charge on any atom is 0.171 e. The minimum Gasteiger partial charge on any atom is -0.370 e. The fraction of sp³-hybridized carbons (Fsp3) is 0.533. The van der Waals surface area contributed by atoms with Crippen molar-refractivity contribution in [2.24, 2.45) is 0 Å². The number of anilines is 1. The van der Waals surface area contributed by atoms with Crippen molar-refractivity contribution in [3.8, 4) is 6.07 Å². The highest BCUT2D eigenvalue weighted by atomic mass is 16.7. The van der Waals surface area contributed by atoms with Crippen LogP contribution >= 0.6 is 0 Å². The third-order valence-corrected chi connectivity index (χ3v) is 3.95. The average Bonchev–Trinajstić information content (AvgIpc) is 2.88. The van der Waals surface area contributed by atoms with Crippen LogP contribution in [0.2, 0.25) is 0 Å². The van der Waals surface area contributed by atoms with Gasteiger partial charge in [-0.15, -0.1) is 0 Å². The molecule has 0 radical (unpaired) electrons. The maximum atomic E-state index is 9.25. The van der Waals surface area contributed by atoms with E-state index in [0.717, 1.165) is 42.7 Å². The van der Waals surface area contributed by atoms with Gasteiger partial charge in [-0.2, -0.15) is 5.26 Å². The van der Waals surface area contributed by atoms with E-state index >= 15 is 0 Å². The van der Waals surface area contributed by atoms with Gasteiger partial charge in [-0.05, 0) is 24.6 Å². The summed E-state index contributed by atoms with van der Waals surface area (Å²) in [5.74, 6) is -0.353. The van der Waals surface area contributed by atoms with Gasteiger partial charge in [0.1, 0.15) is 6.07 Å². The Hall–Kier alpha value is -1.57. The van der Waals surface area contributed by atoms with Crippen molar-refractivity contribution in [2.45, 2.75) is 25.6 Å². The zero-order valence-corrected chi connectivity index (χ0v) is 11.2. The molecule has 2 fully saturated rings. The van der Waals surface area contributed by atoms with Crippen molar-refractivity contribution in [1.29, 1.82) is 5.26 Å². The molecule has 0 unspecified atom stereocenters. The predicted octanol–water partition coefficient (Wildman–Crippen LogP) is 2.21. The molecule has 0 bridgehead atoms. The summed E-state index contributed by atoms with van der Waals surface area (Å²) in [7, 11) is 0. The number of nitriles is 1. The lowest BCUT2D eigenvalue weighted by Crippen LogP contribution is -2.45. The minimum absolute atomic E-state index is 0.353. The summed E-state index contributed by atoms with van der Waals surface area (Å²) in [4.78, 5) is 2.26. The molecule has 0 atom stereocenters. The van der Waals surface area contributed by atoms with Crippen molar-refractivity contribution in [3.63, 3.8) is 0 Å². The van der Waals surface area contributed by atoms with Crippen LogP contribution in [0.25, 0.3) is 0 Å². The van der Waals surface area contributed by atoms with Crippen molar-refractivity contribution in [1.82, 2.24) is 0 Å². The monoisotopic (exact) mass is 258 g/mol. The lowest BCUT2D eigenvalue weighted by Gasteiger charge is -2.39. The fourth-order valence-electron chi connectivity index (χ4n) is 2.89. The second-order valence-corrected chi connectivity index (χ2v) is 5.23. The van der Waals surface area contributed by atoms with E-state index in [1.54, 1.807) is 0 Å². The van der Waals surface area contributed by atoms with E-state index in [4.69, 9.17) is 9.47 Å². The molecule has 2 aliphatic heterocycles. The van der Waals surface area contributed by atoms with Gasteiger partial charge in [0, 0.05) is 25.9 Å². The van der Waals surface area contributed by atoms with Gasteiger partial charge in [0.25, 0.3) is 0 Å². The van der Waals surface area contributed by atoms with E-state index in [-0.39, 0.29) is 5.79 Å². The zero-order chi connectivity index (χ0) is 13.3. The summed E-state index contributed by atoms with van der Waals surface area (Å²) in [6.07, 6.45) is 1.73. The van der Waals surface area contributed by atoms with Crippen LogP contribution in [0.3, 0.4) is 0 Å². The number of ether oxygens (including phenoxy) is 2. The Kier molecular flexibility index (Phi) is 3.17. The molecule has 0 N–H and O–H groups in total. The topological polar surface area (TPSA) is 45.5 Å². The van der Waals surface area contributed by atoms with Crippen LogP contribution in [0, 0.1) is 18.3 Å². The molecular weight excluding hydrogens is 240 g/mol. The normalized spacial score (nSPS) is 21.6. The largest absolute Gasteiger partial charge is 0.370 e. The molecule has 1 spiro atoms. The van der Waals surface area contributed by atoms with Crippen molar-refractivity contribution >= 4 is 5.69 Å². The van der Waals surface area contributed by atoms with Gasteiger partial charge in [-0.25, -0.2) is 0 Å². The van der Waals surface area contributed by atoms with Crippen LogP contribution in [-0.4, -0.2) is 32.1 Å². The Morgan fingerprint density at radius 2 is 1.89 bits per heavy atom. The van der Waals surface area contributed by atoms with Crippen molar-refractivity contribution in [2.75, 3.05) is 31.2 Å². The van der Waals surface area contributed by atoms with Gasteiger partial charge >= 0.3 is 0 Å². The molecule has 4 heteroatoms. The van der Waals surface area contributed by atoms with E-state index in [1.165, 1.54) is 0 Å². The fourth-order valence-corrected chi connectivity index (χ4v) is 2.89. The van der Waals surface area contributed by atoms with Gasteiger partial charge < -0.3 is 14.4 Å². The lowest BCUT2D eigenvalue weighted by molar-refractivity contribution is -0.169. The van der Waals surface area contributed by atoms with Gasteiger partial charge in [-0.3, -0.25) is 0 Å². The van der Waals surface area contributed by atoms with Crippen LogP contribution in [0.15, 0.2) is 18.2 Å². The summed E-state index contributed by atoms with van der Waals surface area (Å²) in [6.45, 7) is 5.16. The molecule has 2 saturated heterocycles. The smallest absolute Gasteiger partial charge is 0.171 e. The molecule has 19 heavy (non-hydrogen) atoms. The molecule has 0 aromatic heterocycles. The standard InChI is InChI=1S/C15H18N2O2/c1-12-2-3-14(13(10-12)11-16)17-6-4-15(5-7-17)18-8-9-19-15/h2-3,10H,4-9H2,1H3. The highest BCUT2D eigenvalue weighted by Crippen LogP contribution is 2.34. The molecule has 100 valence electrons. The lowest BCUT2D eigenvalue weighted by atomic mass is 10.0. The number of rotatable bonds is 1. The van der Waals surface area contributed by atoms with E-state index < -0.39 is 0 Å². The summed E-state index contributed by atoms with van der Waals surface area (Å²) < 4.78 is 11.5. The highest BCUT2D eigenvalue weighted by molar-refractivity contribution is 5.60. The first kappa shape index (κ1) is 12.5. The summed E-state index contributed by atoms with van der Waals surface area (Å²) in [6, 6.07) is 8.34. The van der Waals surface area contributed by atoms with E-state index in [2.05, 4.69) is 17.0 Å². The van der Waals surface area contributed by atoms with E-state index in [1.807, 2.05) is 19.1 Å².